The van der Waals surface area contributed by atoms with Gasteiger partial charge in [0.2, 0.25) is 11.8 Å². The fourth-order valence-electron chi connectivity index (χ4n) is 2.87. The molecule has 0 spiro atoms. The van der Waals surface area contributed by atoms with E-state index in [0.29, 0.717) is 0 Å². The number of alkyl carbamates (subject to hydrolysis) is 1. The molecular formula is C23H29N3O4. The molecule has 0 heterocycles. The van der Waals surface area contributed by atoms with E-state index in [-0.39, 0.29) is 18.9 Å². The van der Waals surface area contributed by atoms with Gasteiger partial charge in [-0.2, -0.15) is 0 Å². The predicted molar refractivity (Wildman–Crippen MR) is 114 cm³/mol. The number of nitrogens with two attached hydrogens (primary N) is 1. The van der Waals surface area contributed by atoms with Gasteiger partial charge in [0.05, 0.1) is 0 Å². The van der Waals surface area contributed by atoms with Gasteiger partial charge >= 0.3 is 6.09 Å². The highest BCUT2D eigenvalue weighted by atomic mass is 16.5. The van der Waals surface area contributed by atoms with Crippen LogP contribution in [0.3, 0.4) is 0 Å². The smallest absolute Gasteiger partial charge is 0.408 e. The summed E-state index contributed by atoms with van der Waals surface area (Å²) in [4.78, 5) is 36.8. The maximum atomic E-state index is 12.8. The molecule has 0 aromatic heterocycles. The van der Waals surface area contributed by atoms with E-state index in [4.69, 9.17) is 10.5 Å². The average Bonchev–Trinajstić information content (AvgIpc) is 2.71. The average molecular weight is 412 g/mol. The minimum absolute atomic E-state index is 0.0937. The monoisotopic (exact) mass is 411 g/mol. The van der Waals surface area contributed by atoms with Gasteiger partial charge < -0.3 is 21.1 Å². The summed E-state index contributed by atoms with van der Waals surface area (Å²) in [6.07, 6.45) is -0.438. The van der Waals surface area contributed by atoms with E-state index in [9.17, 15) is 14.4 Å². The minimum atomic E-state index is -0.886. The quantitative estimate of drug-likeness (QED) is 0.589. The molecule has 0 aliphatic heterocycles. The van der Waals surface area contributed by atoms with Crippen molar-refractivity contribution < 1.29 is 19.1 Å². The molecule has 7 heteroatoms. The lowest BCUT2D eigenvalue weighted by Crippen LogP contribution is -2.55. The number of aryl methyl sites for hydroxylation is 1. The third-order valence-electron chi connectivity index (χ3n) is 4.66. The lowest BCUT2D eigenvalue weighted by molar-refractivity contribution is -0.129. The molecule has 2 aromatic carbocycles. The first-order chi connectivity index (χ1) is 14.3. The van der Waals surface area contributed by atoms with Crippen LogP contribution >= 0.6 is 0 Å². The molecule has 0 fully saturated rings. The molecule has 160 valence electrons. The molecule has 0 saturated heterocycles. The number of benzene rings is 2. The van der Waals surface area contributed by atoms with Crippen LogP contribution in [0.25, 0.3) is 0 Å². The number of hydrogen-bond donors (Lipinski definition) is 3. The first-order valence-corrected chi connectivity index (χ1v) is 9.88. The van der Waals surface area contributed by atoms with Gasteiger partial charge in [0.15, 0.2) is 0 Å². The molecule has 30 heavy (non-hydrogen) atoms. The van der Waals surface area contributed by atoms with Gasteiger partial charge in [-0.25, -0.2) is 4.79 Å². The summed E-state index contributed by atoms with van der Waals surface area (Å²) in [7, 11) is 0. The molecule has 4 N–H and O–H groups in total. The highest BCUT2D eigenvalue weighted by Crippen LogP contribution is 2.09. The second kappa shape index (κ2) is 11.0. The zero-order chi connectivity index (χ0) is 22.1. The maximum Gasteiger partial charge on any atom is 0.408 e. The van der Waals surface area contributed by atoms with E-state index in [2.05, 4.69) is 10.6 Å². The van der Waals surface area contributed by atoms with Gasteiger partial charge in [-0.3, -0.25) is 9.59 Å². The normalized spacial score (nSPS) is 12.7. The molecule has 0 saturated carbocycles. The van der Waals surface area contributed by atoms with E-state index in [1.54, 1.807) is 13.8 Å². The van der Waals surface area contributed by atoms with Gasteiger partial charge in [0.25, 0.3) is 0 Å². The Morgan fingerprint density at radius 1 is 0.933 bits per heavy atom. The number of carbonyl (C=O) groups excluding carboxylic acids is 3. The third-order valence-corrected chi connectivity index (χ3v) is 4.66. The van der Waals surface area contributed by atoms with Crippen LogP contribution in [0.5, 0.6) is 0 Å². The van der Waals surface area contributed by atoms with Crippen molar-refractivity contribution in [3.05, 3.63) is 71.3 Å². The van der Waals surface area contributed by atoms with Crippen molar-refractivity contribution in [2.45, 2.75) is 45.9 Å². The fourth-order valence-corrected chi connectivity index (χ4v) is 2.87. The summed E-state index contributed by atoms with van der Waals surface area (Å²) in [5.74, 6) is -1.35. The Morgan fingerprint density at radius 3 is 2.13 bits per heavy atom. The molecule has 0 unspecified atom stereocenters. The van der Waals surface area contributed by atoms with Crippen LogP contribution in [0.4, 0.5) is 4.79 Å². The van der Waals surface area contributed by atoms with Crippen molar-refractivity contribution in [3.8, 4) is 0 Å². The van der Waals surface area contributed by atoms with Crippen LogP contribution in [-0.4, -0.2) is 30.0 Å². The van der Waals surface area contributed by atoms with E-state index in [1.807, 2.05) is 61.5 Å². The first kappa shape index (κ1) is 22.9. The predicted octanol–water partition coefficient (Wildman–Crippen LogP) is 2.46. The number of primary amides is 1. The molecule has 7 nitrogen and oxygen atoms in total. The summed E-state index contributed by atoms with van der Waals surface area (Å²) >= 11 is 0. The second-order valence-corrected chi connectivity index (χ2v) is 7.58. The van der Waals surface area contributed by atoms with Crippen LogP contribution < -0.4 is 16.4 Å². The maximum absolute atomic E-state index is 12.8. The number of nitrogens with one attached hydrogen (secondary N) is 2. The number of hydrogen-bond acceptors (Lipinski definition) is 4. The first-order valence-electron chi connectivity index (χ1n) is 9.88. The largest absolute Gasteiger partial charge is 0.445 e. The van der Waals surface area contributed by atoms with Gasteiger partial charge in [0.1, 0.15) is 18.7 Å². The molecule has 0 aliphatic rings. The van der Waals surface area contributed by atoms with Crippen molar-refractivity contribution in [2.75, 3.05) is 0 Å². The topological polar surface area (TPSA) is 111 Å². The van der Waals surface area contributed by atoms with Crippen LogP contribution in [0, 0.1) is 12.8 Å². The lowest BCUT2D eigenvalue weighted by Gasteiger charge is -2.24. The highest BCUT2D eigenvalue weighted by Gasteiger charge is 2.28. The Kier molecular flexibility index (Phi) is 8.41. The fraction of sp³-hybridized carbons (Fsp3) is 0.348. The molecule has 2 aromatic rings. The zero-order valence-corrected chi connectivity index (χ0v) is 17.6. The van der Waals surface area contributed by atoms with Crippen molar-refractivity contribution in [1.29, 1.82) is 0 Å². The van der Waals surface area contributed by atoms with Gasteiger partial charge in [-0.15, -0.1) is 0 Å². The number of carbonyl (C=O) groups is 3. The highest BCUT2D eigenvalue weighted by molar-refractivity contribution is 5.91. The third kappa shape index (κ3) is 7.24. The Balaban J connectivity index is 1.97. The summed E-state index contributed by atoms with van der Waals surface area (Å²) in [5.41, 5.74) is 8.29. The molecular weight excluding hydrogens is 382 g/mol. The van der Waals surface area contributed by atoms with E-state index < -0.39 is 30.0 Å². The molecule has 2 atom stereocenters. The summed E-state index contributed by atoms with van der Waals surface area (Å²) in [6, 6.07) is 15.1. The van der Waals surface area contributed by atoms with E-state index in [1.165, 1.54) is 0 Å². The second-order valence-electron chi connectivity index (χ2n) is 7.58. The molecule has 0 radical (unpaired) electrons. The minimum Gasteiger partial charge on any atom is -0.445 e. The SMILES string of the molecule is Cc1ccc(C[C@@H](NC(=O)[C@@H](NC(=O)OCc2ccccc2)C(C)C)C(N)=O)cc1. The Hall–Kier alpha value is -3.35. The molecule has 0 aliphatic carbocycles. The Labute approximate surface area is 177 Å². The molecule has 0 bridgehead atoms. The lowest BCUT2D eigenvalue weighted by atomic mass is 10.0. The molecule has 2 rings (SSSR count). The van der Waals surface area contributed by atoms with Crippen molar-refractivity contribution in [1.82, 2.24) is 10.6 Å². The van der Waals surface area contributed by atoms with Crippen LogP contribution in [0.15, 0.2) is 54.6 Å². The summed E-state index contributed by atoms with van der Waals surface area (Å²) in [6.45, 7) is 5.64. The number of amides is 3. The zero-order valence-electron chi connectivity index (χ0n) is 17.6. The van der Waals surface area contributed by atoms with Crippen LogP contribution in [-0.2, 0) is 27.4 Å². The van der Waals surface area contributed by atoms with E-state index >= 15 is 0 Å². The Morgan fingerprint density at radius 2 is 1.57 bits per heavy atom. The van der Waals surface area contributed by atoms with Gasteiger partial charge in [-0.1, -0.05) is 74.0 Å². The summed E-state index contributed by atoms with van der Waals surface area (Å²) < 4.78 is 5.20. The number of rotatable bonds is 9. The summed E-state index contributed by atoms with van der Waals surface area (Å²) in [5, 5.41) is 5.23. The van der Waals surface area contributed by atoms with Crippen LogP contribution in [0.1, 0.15) is 30.5 Å². The standard InChI is InChI=1S/C23H29N3O4/c1-15(2)20(26-23(29)30-14-18-7-5-4-6-8-18)22(28)25-19(21(24)27)13-17-11-9-16(3)10-12-17/h4-12,15,19-20H,13-14H2,1-3H3,(H2,24,27)(H,25,28)(H,26,29)/t19-,20+/m1/s1. The van der Waals surface area contributed by atoms with E-state index in [0.717, 1.165) is 16.7 Å². The van der Waals surface area contributed by atoms with Crippen LogP contribution in [0.2, 0.25) is 0 Å². The van der Waals surface area contributed by atoms with Gasteiger partial charge in [-0.05, 0) is 24.0 Å². The van der Waals surface area contributed by atoms with Crippen molar-refractivity contribution in [3.63, 3.8) is 0 Å². The van der Waals surface area contributed by atoms with Crippen molar-refractivity contribution in [2.24, 2.45) is 11.7 Å². The number of ether oxygens (including phenoxy) is 1. The van der Waals surface area contributed by atoms with Gasteiger partial charge in [0, 0.05) is 6.42 Å². The molecule has 3 amide bonds. The Bertz CT molecular complexity index is 851. The van der Waals surface area contributed by atoms with Crippen molar-refractivity contribution >= 4 is 17.9 Å².